The third kappa shape index (κ3) is 4.48. The average Bonchev–Trinajstić information content (AvgIpc) is 3.11. The van der Waals surface area contributed by atoms with Gasteiger partial charge >= 0.3 is 6.18 Å². The fourth-order valence-corrected chi connectivity index (χ4v) is 2.88. The summed E-state index contributed by atoms with van der Waals surface area (Å²) in [5.74, 6) is -2.71. The number of amides is 1. The molecule has 1 aromatic heterocycles. The number of carbonyl (C=O) groups is 1. The highest BCUT2D eigenvalue weighted by molar-refractivity contribution is 5.80. The van der Waals surface area contributed by atoms with Crippen molar-refractivity contribution in [1.29, 1.82) is 0 Å². The van der Waals surface area contributed by atoms with Crippen LogP contribution >= 0.6 is 0 Å². The molecule has 2 atom stereocenters. The number of nitrogens with zero attached hydrogens (tertiary/aromatic N) is 2. The first-order valence-corrected chi connectivity index (χ1v) is 7.38. The molecule has 1 aromatic rings. The van der Waals surface area contributed by atoms with Gasteiger partial charge in [-0.2, -0.15) is 13.2 Å². The molecule has 23 heavy (non-hydrogen) atoms. The van der Waals surface area contributed by atoms with E-state index in [1.807, 2.05) is 0 Å². The van der Waals surface area contributed by atoms with E-state index in [-0.39, 0.29) is 32.8 Å². The Morgan fingerprint density at radius 2 is 2.22 bits per heavy atom. The number of carbonyl (C=O) groups excluding carboxylic acids is 1. The minimum absolute atomic E-state index is 0.102. The summed E-state index contributed by atoms with van der Waals surface area (Å²) in [5, 5.41) is 0. The summed E-state index contributed by atoms with van der Waals surface area (Å²) in [6.07, 6.45) is -2.92. The standard InChI is InChI=1S/C15H21F3N2O3/c1-19-9-12(13(10-19)15(16,17)18)14(21)20(5-7-22-2)8-11-4-3-6-23-11/h3-4,6,12-13H,5,7-10H2,1-2H3/t12-,13-/m1/s1. The van der Waals surface area contributed by atoms with Crippen LogP contribution in [-0.2, 0) is 16.1 Å². The van der Waals surface area contributed by atoms with Crippen LogP contribution in [0.25, 0.3) is 0 Å². The highest BCUT2D eigenvalue weighted by atomic mass is 19.4. The molecule has 0 unspecified atom stereocenters. The van der Waals surface area contributed by atoms with E-state index in [1.165, 1.54) is 18.3 Å². The smallest absolute Gasteiger partial charge is 0.393 e. The van der Waals surface area contributed by atoms with Gasteiger partial charge in [-0.25, -0.2) is 0 Å². The van der Waals surface area contributed by atoms with Crippen LogP contribution in [0.4, 0.5) is 13.2 Å². The molecule has 2 heterocycles. The number of hydrogen-bond donors (Lipinski definition) is 0. The lowest BCUT2D eigenvalue weighted by Crippen LogP contribution is -2.43. The molecule has 0 bridgehead atoms. The highest BCUT2D eigenvalue weighted by Crippen LogP contribution is 2.38. The van der Waals surface area contributed by atoms with E-state index in [9.17, 15) is 18.0 Å². The van der Waals surface area contributed by atoms with Crippen molar-refractivity contribution in [2.45, 2.75) is 12.7 Å². The van der Waals surface area contributed by atoms with Gasteiger partial charge in [0.15, 0.2) is 0 Å². The Morgan fingerprint density at radius 3 is 2.78 bits per heavy atom. The highest BCUT2D eigenvalue weighted by Gasteiger charge is 2.52. The van der Waals surface area contributed by atoms with E-state index in [0.29, 0.717) is 5.76 Å². The van der Waals surface area contributed by atoms with Crippen LogP contribution in [0.5, 0.6) is 0 Å². The van der Waals surface area contributed by atoms with Crippen LogP contribution < -0.4 is 0 Å². The van der Waals surface area contributed by atoms with E-state index in [2.05, 4.69) is 0 Å². The molecule has 0 spiro atoms. The molecule has 1 amide bonds. The van der Waals surface area contributed by atoms with Gasteiger partial charge in [0.1, 0.15) is 5.76 Å². The van der Waals surface area contributed by atoms with Crippen molar-refractivity contribution in [1.82, 2.24) is 9.80 Å². The van der Waals surface area contributed by atoms with Crippen LogP contribution in [0.2, 0.25) is 0 Å². The number of likely N-dealkylation sites (tertiary alicyclic amines) is 1. The number of furan rings is 1. The second-order valence-electron chi connectivity index (χ2n) is 5.81. The fraction of sp³-hybridized carbons (Fsp3) is 0.667. The van der Waals surface area contributed by atoms with Crippen molar-refractivity contribution in [3.63, 3.8) is 0 Å². The quantitative estimate of drug-likeness (QED) is 0.798. The summed E-state index contributed by atoms with van der Waals surface area (Å²) >= 11 is 0. The third-order valence-corrected chi connectivity index (χ3v) is 4.04. The van der Waals surface area contributed by atoms with Crippen molar-refractivity contribution in [3.05, 3.63) is 24.2 Å². The molecule has 0 saturated carbocycles. The Labute approximate surface area is 133 Å². The van der Waals surface area contributed by atoms with Gasteiger partial charge in [-0.1, -0.05) is 0 Å². The number of ether oxygens (including phenoxy) is 1. The lowest BCUT2D eigenvalue weighted by Gasteiger charge is -2.28. The molecule has 1 fully saturated rings. The van der Waals surface area contributed by atoms with Gasteiger partial charge in [0.05, 0.1) is 31.3 Å². The lowest BCUT2D eigenvalue weighted by molar-refractivity contribution is -0.186. The molecular weight excluding hydrogens is 313 g/mol. The predicted molar refractivity (Wildman–Crippen MR) is 76.5 cm³/mol. The summed E-state index contributed by atoms with van der Waals surface area (Å²) in [6, 6.07) is 3.37. The molecule has 1 aliphatic rings. The minimum Gasteiger partial charge on any atom is -0.467 e. The van der Waals surface area contributed by atoms with Crippen molar-refractivity contribution < 1.29 is 27.1 Å². The predicted octanol–water partition coefficient (Wildman–Crippen LogP) is 1.99. The molecule has 1 saturated heterocycles. The van der Waals surface area contributed by atoms with Crippen molar-refractivity contribution in [2.75, 3.05) is 40.4 Å². The van der Waals surface area contributed by atoms with E-state index >= 15 is 0 Å². The molecule has 2 rings (SSSR count). The minimum atomic E-state index is -4.39. The van der Waals surface area contributed by atoms with Gasteiger partial charge in [-0.3, -0.25) is 4.79 Å². The molecule has 0 radical (unpaired) electrons. The molecule has 0 aromatic carbocycles. The van der Waals surface area contributed by atoms with Crippen LogP contribution in [-0.4, -0.2) is 62.3 Å². The zero-order chi connectivity index (χ0) is 17.0. The second kappa shape index (κ2) is 7.35. The van der Waals surface area contributed by atoms with Crippen LogP contribution in [0.15, 0.2) is 22.8 Å². The number of alkyl halides is 3. The topological polar surface area (TPSA) is 45.9 Å². The van der Waals surface area contributed by atoms with E-state index in [4.69, 9.17) is 9.15 Å². The molecule has 1 aliphatic heterocycles. The Balaban J connectivity index is 2.14. The van der Waals surface area contributed by atoms with Crippen LogP contribution in [0, 0.1) is 11.8 Å². The summed E-state index contributed by atoms with van der Waals surface area (Å²) in [7, 11) is 3.08. The molecule has 130 valence electrons. The van der Waals surface area contributed by atoms with Gasteiger partial charge in [-0.05, 0) is 19.2 Å². The molecule has 0 N–H and O–H groups in total. The largest absolute Gasteiger partial charge is 0.467 e. The zero-order valence-corrected chi connectivity index (χ0v) is 13.2. The first-order chi connectivity index (χ1) is 10.8. The van der Waals surface area contributed by atoms with Crippen molar-refractivity contribution in [2.24, 2.45) is 11.8 Å². The van der Waals surface area contributed by atoms with Crippen molar-refractivity contribution in [3.8, 4) is 0 Å². The van der Waals surface area contributed by atoms with Gasteiger partial charge in [0.2, 0.25) is 5.91 Å². The summed E-state index contributed by atoms with van der Waals surface area (Å²) in [4.78, 5) is 15.6. The zero-order valence-electron chi connectivity index (χ0n) is 13.2. The van der Waals surface area contributed by atoms with Crippen LogP contribution in [0.1, 0.15) is 5.76 Å². The van der Waals surface area contributed by atoms with E-state index in [1.54, 1.807) is 24.1 Å². The lowest BCUT2D eigenvalue weighted by atomic mass is 9.94. The van der Waals surface area contributed by atoms with Gasteiger partial charge in [0.25, 0.3) is 0 Å². The number of hydrogen-bond acceptors (Lipinski definition) is 4. The molecular formula is C15H21F3N2O3. The van der Waals surface area contributed by atoms with E-state index in [0.717, 1.165) is 0 Å². The van der Waals surface area contributed by atoms with Gasteiger partial charge < -0.3 is 19.0 Å². The number of methoxy groups -OCH3 is 1. The van der Waals surface area contributed by atoms with Crippen molar-refractivity contribution >= 4 is 5.91 Å². The van der Waals surface area contributed by atoms with Gasteiger partial charge in [-0.15, -0.1) is 0 Å². The first kappa shape index (κ1) is 17.8. The Kier molecular flexibility index (Phi) is 5.69. The monoisotopic (exact) mass is 334 g/mol. The maximum atomic E-state index is 13.2. The summed E-state index contributed by atoms with van der Waals surface area (Å²) in [5.41, 5.74) is 0. The maximum Gasteiger partial charge on any atom is 0.393 e. The Hall–Kier alpha value is -1.54. The van der Waals surface area contributed by atoms with Crippen LogP contribution in [0.3, 0.4) is 0 Å². The Morgan fingerprint density at radius 1 is 1.48 bits per heavy atom. The molecule has 5 nitrogen and oxygen atoms in total. The molecule has 8 heteroatoms. The van der Waals surface area contributed by atoms with E-state index < -0.39 is 23.9 Å². The number of halogens is 3. The normalized spacial score (nSPS) is 22.5. The Bertz CT molecular complexity index is 505. The number of rotatable bonds is 6. The molecule has 0 aliphatic carbocycles. The average molecular weight is 334 g/mol. The maximum absolute atomic E-state index is 13.2. The third-order valence-electron chi connectivity index (χ3n) is 4.04. The van der Waals surface area contributed by atoms with Gasteiger partial charge in [0, 0.05) is 26.7 Å². The SMILES string of the molecule is COCCN(Cc1ccco1)C(=O)[C@@H]1CN(C)C[C@H]1C(F)(F)F. The summed E-state index contributed by atoms with van der Waals surface area (Å²) in [6.45, 7) is 0.565. The first-order valence-electron chi connectivity index (χ1n) is 7.38. The second-order valence-corrected chi connectivity index (χ2v) is 5.81. The summed E-state index contributed by atoms with van der Waals surface area (Å²) < 4.78 is 49.8. The fourth-order valence-electron chi connectivity index (χ4n) is 2.88.